The zero-order chi connectivity index (χ0) is 20.4. The number of thiazole rings is 1. The predicted molar refractivity (Wildman–Crippen MR) is 112 cm³/mol. The molecule has 0 bridgehead atoms. The Balaban J connectivity index is 1.51. The first-order chi connectivity index (χ1) is 14.1. The van der Waals surface area contributed by atoms with E-state index in [-0.39, 0.29) is 11.5 Å². The van der Waals surface area contributed by atoms with Crippen LogP contribution in [0.2, 0.25) is 0 Å². The van der Waals surface area contributed by atoms with E-state index < -0.39 is 0 Å². The van der Waals surface area contributed by atoms with Gasteiger partial charge in [0.15, 0.2) is 5.78 Å². The van der Waals surface area contributed by atoms with Gasteiger partial charge < -0.3 is 8.98 Å². The third-order valence-electron chi connectivity index (χ3n) is 4.38. The smallest absolute Gasteiger partial charge is 0.277 e. The lowest BCUT2D eigenvalue weighted by Crippen LogP contribution is -2.02. The number of carbonyl (C=O) groups is 1. The van der Waals surface area contributed by atoms with Crippen LogP contribution >= 0.6 is 23.1 Å². The highest BCUT2D eigenvalue weighted by Crippen LogP contribution is 2.31. The molecule has 7 nitrogen and oxygen atoms in total. The number of hydrogen-bond acceptors (Lipinski definition) is 8. The largest absolute Gasteiger partial charge is 0.410 e. The molecule has 0 saturated carbocycles. The Kier molecular flexibility index (Phi) is 5.47. The lowest BCUT2D eigenvalue weighted by Gasteiger charge is -2.00. The summed E-state index contributed by atoms with van der Waals surface area (Å²) in [5.41, 5.74) is 2.45. The van der Waals surface area contributed by atoms with E-state index in [4.69, 9.17) is 9.68 Å². The summed E-state index contributed by atoms with van der Waals surface area (Å²) in [6, 6.07) is 9.87. The number of hydrogen-bond donors (Lipinski definition) is 0. The average Bonchev–Trinajstić information content (AvgIpc) is 3.41. The van der Waals surface area contributed by atoms with Gasteiger partial charge in [-0.1, -0.05) is 30.0 Å². The number of benzene rings is 1. The topological polar surface area (TPSA) is 97.6 Å². The van der Waals surface area contributed by atoms with E-state index in [0.29, 0.717) is 29.6 Å². The third-order valence-corrected chi connectivity index (χ3v) is 6.26. The van der Waals surface area contributed by atoms with Gasteiger partial charge in [-0.3, -0.25) is 4.79 Å². The van der Waals surface area contributed by atoms with Gasteiger partial charge in [0.1, 0.15) is 4.88 Å². The van der Waals surface area contributed by atoms with Crippen molar-refractivity contribution in [2.24, 2.45) is 0 Å². The Morgan fingerprint density at radius 1 is 1.31 bits per heavy atom. The van der Waals surface area contributed by atoms with Crippen LogP contribution in [0.4, 0.5) is 0 Å². The van der Waals surface area contributed by atoms with Crippen molar-refractivity contribution in [3.8, 4) is 16.8 Å². The fourth-order valence-corrected chi connectivity index (χ4v) is 4.61. The summed E-state index contributed by atoms with van der Waals surface area (Å²) < 4.78 is 7.67. The van der Waals surface area contributed by atoms with Crippen LogP contribution in [0.3, 0.4) is 0 Å². The van der Waals surface area contributed by atoms with Gasteiger partial charge in [0, 0.05) is 29.2 Å². The van der Waals surface area contributed by atoms with Crippen LogP contribution < -0.4 is 0 Å². The summed E-state index contributed by atoms with van der Waals surface area (Å²) >= 11 is 2.72. The van der Waals surface area contributed by atoms with E-state index >= 15 is 0 Å². The maximum Gasteiger partial charge on any atom is 0.277 e. The molecule has 3 heterocycles. The van der Waals surface area contributed by atoms with Crippen molar-refractivity contribution in [1.82, 2.24) is 19.7 Å². The fraction of sp³-hybridized carbons (Fsp3) is 0.250. The third kappa shape index (κ3) is 3.95. The molecular formula is C20H17N5O2S2. The minimum atomic E-state index is -0.0218. The minimum absolute atomic E-state index is 0.0218. The van der Waals surface area contributed by atoms with Crippen LogP contribution in [-0.2, 0) is 6.54 Å². The molecule has 0 aliphatic heterocycles. The van der Waals surface area contributed by atoms with Crippen LogP contribution in [0.5, 0.6) is 0 Å². The molecule has 0 aliphatic carbocycles. The molecule has 0 aliphatic rings. The van der Waals surface area contributed by atoms with Crippen molar-refractivity contribution in [3.63, 3.8) is 0 Å². The molecule has 4 aromatic rings. The normalized spacial score (nSPS) is 11.1. The van der Waals surface area contributed by atoms with E-state index in [1.165, 1.54) is 23.1 Å². The van der Waals surface area contributed by atoms with Crippen molar-refractivity contribution in [1.29, 1.82) is 5.26 Å². The van der Waals surface area contributed by atoms with Gasteiger partial charge in [0.25, 0.3) is 11.1 Å². The summed E-state index contributed by atoms with van der Waals surface area (Å²) in [6.07, 6.45) is 2.22. The zero-order valence-corrected chi connectivity index (χ0v) is 17.5. The van der Waals surface area contributed by atoms with Crippen molar-refractivity contribution in [2.75, 3.05) is 5.75 Å². The second kappa shape index (κ2) is 8.19. The molecule has 3 aromatic heterocycles. The fourth-order valence-electron chi connectivity index (χ4n) is 3.12. The summed E-state index contributed by atoms with van der Waals surface area (Å²) in [5, 5.41) is 19.2. The number of ketones is 1. The van der Waals surface area contributed by atoms with E-state index in [0.717, 1.165) is 26.5 Å². The van der Waals surface area contributed by atoms with Crippen LogP contribution in [0.25, 0.3) is 21.7 Å². The molecule has 0 fully saturated rings. The molecule has 146 valence electrons. The van der Waals surface area contributed by atoms with Gasteiger partial charge >= 0.3 is 0 Å². The Morgan fingerprint density at radius 2 is 2.14 bits per heavy atom. The van der Waals surface area contributed by atoms with Gasteiger partial charge in [-0.2, -0.15) is 5.26 Å². The number of para-hydroxylation sites is 1. The van der Waals surface area contributed by atoms with Crippen LogP contribution in [0.1, 0.15) is 27.5 Å². The lowest BCUT2D eigenvalue weighted by molar-refractivity contribution is 0.102. The number of carbonyl (C=O) groups excluding carboxylic acids is 1. The van der Waals surface area contributed by atoms with Gasteiger partial charge in [0.05, 0.1) is 28.9 Å². The molecule has 29 heavy (non-hydrogen) atoms. The number of fused-ring (bicyclic) bond motifs is 1. The highest BCUT2D eigenvalue weighted by Gasteiger charge is 2.18. The average molecular weight is 424 g/mol. The number of aryl methyl sites for hydroxylation is 3. The molecular weight excluding hydrogens is 406 g/mol. The Labute approximate surface area is 175 Å². The second-order valence-corrected chi connectivity index (χ2v) is 8.52. The molecule has 0 unspecified atom stereocenters. The number of nitrogens with zero attached hydrogens (tertiary/aromatic N) is 5. The first kappa shape index (κ1) is 19.4. The molecule has 0 radical (unpaired) electrons. The summed E-state index contributed by atoms with van der Waals surface area (Å²) in [6.45, 7) is 4.39. The highest BCUT2D eigenvalue weighted by atomic mass is 32.2. The SMILES string of the molecule is Cc1nc(C)c(-c2nnc(SCC(=O)c3cn(CCC#N)c4ccccc34)o2)s1. The van der Waals surface area contributed by atoms with Gasteiger partial charge in [0.2, 0.25) is 0 Å². The van der Waals surface area contributed by atoms with E-state index in [1.807, 2.05) is 48.9 Å². The van der Waals surface area contributed by atoms with E-state index in [9.17, 15) is 4.79 Å². The van der Waals surface area contributed by atoms with Gasteiger partial charge in [-0.05, 0) is 19.9 Å². The molecule has 9 heteroatoms. The first-order valence-corrected chi connectivity index (χ1v) is 10.8. The second-order valence-electron chi connectivity index (χ2n) is 6.39. The Hall–Kier alpha value is -2.96. The Bertz CT molecular complexity index is 1230. The maximum atomic E-state index is 12.9. The van der Waals surface area contributed by atoms with Gasteiger partial charge in [-0.15, -0.1) is 21.5 Å². The van der Waals surface area contributed by atoms with Crippen molar-refractivity contribution in [3.05, 3.63) is 46.7 Å². The number of Topliss-reactive ketones (excluding diaryl/α,β-unsaturated/α-hetero) is 1. The Morgan fingerprint density at radius 3 is 2.90 bits per heavy atom. The number of thioether (sulfide) groups is 1. The monoisotopic (exact) mass is 423 g/mol. The van der Waals surface area contributed by atoms with Crippen LogP contribution in [0, 0.1) is 25.2 Å². The molecule has 0 amide bonds. The van der Waals surface area contributed by atoms with E-state index in [1.54, 1.807) is 0 Å². The minimum Gasteiger partial charge on any atom is -0.410 e. The molecule has 0 atom stereocenters. The van der Waals surface area contributed by atoms with Crippen LogP contribution in [0.15, 0.2) is 40.1 Å². The number of nitriles is 1. The van der Waals surface area contributed by atoms with Crippen molar-refractivity contribution >= 4 is 39.8 Å². The molecule has 1 aromatic carbocycles. The highest BCUT2D eigenvalue weighted by molar-refractivity contribution is 7.99. The van der Waals surface area contributed by atoms with Gasteiger partial charge in [-0.25, -0.2) is 4.98 Å². The molecule has 4 rings (SSSR count). The van der Waals surface area contributed by atoms with E-state index in [2.05, 4.69) is 21.3 Å². The summed E-state index contributed by atoms with van der Waals surface area (Å²) in [5.74, 6) is 0.594. The summed E-state index contributed by atoms with van der Waals surface area (Å²) in [4.78, 5) is 18.1. The first-order valence-electron chi connectivity index (χ1n) is 8.95. The van der Waals surface area contributed by atoms with Crippen molar-refractivity contribution in [2.45, 2.75) is 32.0 Å². The predicted octanol–water partition coefficient (Wildman–Crippen LogP) is 4.65. The van der Waals surface area contributed by atoms with Crippen molar-refractivity contribution < 1.29 is 9.21 Å². The number of aromatic nitrogens is 4. The summed E-state index contributed by atoms with van der Waals surface area (Å²) in [7, 11) is 0. The maximum absolute atomic E-state index is 12.9. The number of rotatable bonds is 7. The quantitative estimate of drug-likeness (QED) is 0.315. The standard InChI is InChI=1S/C20H17N5O2S2/c1-12-18(29-13(2)22-12)19-23-24-20(27-19)28-11-17(26)15-10-25(9-5-8-21)16-7-4-3-6-14(15)16/h3-4,6-7,10H,5,9,11H2,1-2H3. The zero-order valence-electron chi connectivity index (χ0n) is 15.9. The lowest BCUT2D eigenvalue weighted by atomic mass is 10.1. The molecule has 0 spiro atoms. The molecule has 0 saturated heterocycles. The van der Waals surface area contributed by atoms with Crippen LogP contribution in [-0.4, -0.2) is 31.3 Å². The molecule has 0 N–H and O–H groups in total.